The largest absolute Gasteiger partial charge is 0.399 e. The van der Waals surface area contributed by atoms with Crippen molar-refractivity contribution < 1.29 is 4.39 Å². The average Bonchev–Trinajstić information content (AvgIpc) is 2.27. The van der Waals surface area contributed by atoms with E-state index in [2.05, 4.69) is 21.2 Å². The van der Waals surface area contributed by atoms with Crippen molar-refractivity contribution in [2.45, 2.75) is 6.92 Å². The van der Waals surface area contributed by atoms with Gasteiger partial charge in [-0.3, -0.25) is 0 Å². The van der Waals surface area contributed by atoms with E-state index in [-0.39, 0.29) is 5.82 Å². The number of hydrogen-bond donors (Lipinski definition) is 2. The molecule has 0 aliphatic rings. The number of nitrogens with two attached hydrogens (primary N) is 1. The highest BCUT2D eigenvalue weighted by molar-refractivity contribution is 9.10. The summed E-state index contributed by atoms with van der Waals surface area (Å²) in [7, 11) is 0. The maximum Gasteiger partial charge on any atom is 0.137 e. The van der Waals surface area contributed by atoms with Gasteiger partial charge in [0.25, 0.3) is 0 Å². The van der Waals surface area contributed by atoms with Crippen molar-refractivity contribution in [3.8, 4) is 0 Å². The fourth-order valence-corrected chi connectivity index (χ4v) is 1.94. The van der Waals surface area contributed by atoms with E-state index >= 15 is 0 Å². The Kier molecular flexibility index (Phi) is 3.33. The van der Waals surface area contributed by atoms with Gasteiger partial charge in [-0.2, -0.15) is 0 Å². The van der Waals surface area contributed by atoms with Crippen LogP contribution in [0.2, 0.25) is 0 Å². The molecular weight excluding hydrogens is 283 g/mol. The van der Waals surface area contributed by atoms with Crippen LogP contribution in [0.4, 0.5) is 21.5 Å². The Morgan fingerprint density at radius 1 is 1.18 bits per heavy atom. The summed E-state index contributed by atoms with van der Waals surface area (Å²) in [5.74, 6) is -0.274. The molecule has 0 spiro atoms. The lowest BCUT2D eigenvalue weighted by molar-refractivity contribution is 0.621. The van der Waals surface area contributed by atoms with Crippen molar-refractivity contribution in [3.05, 3.63) is 52.3 Å². The Bertz CT molecular complexity index is 555. The maximum absolute atomic E-state index is 13.1. The van der Waals surface area contributed by atoms with Crippen molar-refractivity contribution in [2.75, 3.05) is 11.1 Å². The molecule has 0 radical (unpaired) electrons. The molecule has 0 aromatic heterocycles. The van der Waals surface area contributed by atoms with E-state index in [0.717, 1.165) is 22.6 Å². The Morgan fingerprint density at radius 2 is 1.94 bits per heavy atom. The zero-order chi connectivity index (χ0) is 12.4. The topological polar surface area (TPSA) is 38.0 Å². The van der Waals surface area contributed by atoms with E-state index in [1.807, 2.05) is 25.1 Å². The van der Waals surface area contributed by atoms with Crippen LogP contribution in [0.1, 0.15) is 5.56 Å². The molecule has 2 nitrogen and oxygen atoms in total. The van der Waals surface area contributed by atoms with Crippen molar-refractivity contribution in [3.63, 3.8) is 0 Å². The van der Waals surface area contributed by atoms with Gasteiger partial charge in [0.1, 0.15) is 5.82 Å². The second-order valence-corrected chi connectivity index (χ2v) is 4.68. The molecular formula is C13H12BrFN2. The highest BCUT2D eigenvalue weighted by atomic mass is 79.9. The number of benzene rings is 2. The smallest absolute Gasteiger partial charge is 0.137 e. The molecule has 0 unspecified atom stereocenters. The Morgan fingerprint density at radius 3 is 2.59 bits per heavy atom. The molecule has 88 valence electrons. The first-order valence-corrected chi connectivity index (χ1v) is 5.94. The molecule has 0 heterocycles. The molecule has 2 aromatic carbocycles. The fourth-order valence-electron chi connectivity index (χ4n) is 1.56. The molecule has 4 heteroatoms. The zero-order valence-corrected chi connectivity index (χ0v) is 10.9. The van der Waals surface area contributed by atoms with Gasteiger partial charge in [0, 0.05) is 17.1 Å². The summed E-state index contributed by atoms with van der Waals surface area (Å²) in [6, 6.07) is 10.4. The highest BCUT2D eigenvalue weighted by Gasteiger charge is 2.02. The lowest BCUT2D eigenvalue weighted by atomic mass is 10.1. The second kappa shape index (κ2) is 4.75. The Hall–Kier alpha value is -1.55. The summed E-state index contributed by atoms with van der Waals surface area (Å²) in [6.07, 6.45) is 0. The lowest BCUT2D eigenvalue weighted by Crippen LogP contribution is -1.95. The molecule has 0 fully saturated rings. The van der Waals surface area contributed by atoms with E-state index in [0.29, 0.717) is 4.47 Å². The summed E-state index contributed by atoms with van der Waals surface area (Å²) in [5.41, 5.74) is 9.24. The number of anilines is 3. The van der Waals surface area contributed by atoms with E-state index in [1.165, 1.54) is 6.07 Å². The van der Waals surface area contributed by atoms with E-state index in [9.17, 15) is 4.39 Å². The third kappa shape index (κ3) is 2.77. The average molecular weight is 295 g/mol. The predicted octanol–water partition coefficient (Wildman–Crippen LogP) is 4.22. The minimum Gasteiger partial charge on any atom is -0.399 e. The summed E-state index contributed by atoms with van der Waals surface area (Å²) >= 11 is 3.15. The van der Waals surface area contributed by atoms with Gasteiger partial charge in [-0.25, -0.2) is 4.39 Å². The minimum absolute atomic E-state index is 0.274. The molecule has 3 N–H and O–H groups in total. The first-order chi connectivity index (χ1) is 8.06. The van der Waals surface area contributed by atoms with Gasteiger partial charge in [0.2, 0.25) is 0 Å². The van der Waals surface area contributed by atoms with E-state index < -0.39 is 0 Å². The van der Waals surface area contributed by atoms with Gasteiger partial charge in [0.05, 0.1) is 4.47 Å². The SMILES string of the molecule is Cc1cc(N)ccc1Nc1ccc(F)c(Br)c1. The van der Waals surface area contributed by atoms with Gasteiger partial charge in [0.15, 0.2) is 0 Å². The monoisotopic (exact) mass is 294 g/mol. The van der Waals surface area contributed by atoms with Gasteiger partial charge >= 0.3 is 0 Å². The Labute approximate surface area is 108 Å². The van der Waals surface area contributed by atoms with Gasteiger partial charge in [-0.1, -0.05) is 0 Å². The second-order valence-electron chi connectivity index (χ2n) is 3.83. The zero-order valence-electron chi connectivity index (χ0n) is 9.30. The van der Waals surface area contributed by atoms with Gasteiger partial charge in [-0.15, -0.1) is 0 Å². The van der Waals surface area contributed by atoms with Crippen LogP contribution < -0.4 is 11.1 Å². The van der Waals surface area contributed by atoms with Gasteiger partial charge in [-0.05, 0) is 64.8 Å². The van der Waals surface area contributed by atoms with E-state index in [4.69, 9.17) is 5.73 Å². The highest BCUT2D eigenvalue weighted by Crippen LogP contribution is 2.25. The molecule has 2 rings (SSSR count). The van der Waals surface area contributed by atoms with Crippen molar-refractivity contribution in [1.82, 2.24) is 0 Å². The molecule has 0 bridgehead atoms. The summed E-state index contributed by atoms with van der Waals surface area (Å²) in [6.45, 7) is 1.97. The summed E-state index contributed by atoms with van der Waals surface area (Å²) in [5, 5.41) is 3.22. The standard InChI is InChI=1S/C13H12BrFN2/c1-8-6-9(16)2-5-13(8)17-10-3-4-12(15)11(14)7-10/h2-7,17H,16H2,1H3. The fraction of sp³-hybridized carbons (Fsp3) is 0.0769. The molecule has 0 amide bonds. The number of rotatable bonds is 2. The van der Waals surface area contributed by atoms with Crippen LogP contribution in [0.15, 0.2) is 40.9 Å². The first-order valence-electron chi connectivity index (χ1n) is 5.14. The number of hydrogen-bond acceptors (Lipinski definition) is 2. The lowest BCUT2D eigenvalue weighted by Gasteiger charge is -2.10. The quantitative estimate of drug-likeness (QED) is 0.814. The normalized spacial score (nSPS) is 10.3. The summed E-state index contributed by atoms with van der Waals surface area (Å²) < 4.78 is 13.5. The van der Waals surface area contributed by atoms with Crippen LogP contribution in [0.5, 0.6) is 0 Å². The van der Waals surface area contributed by atoms with Crippen molar-refractivity contribution in [1.29, 1.82) is 0 Å². The number of halogens is 2. The van der Waals surface area contributed by atoms with Gasteiger partial charge < -0.3 is 11.1 Å². The third-order valence-corrected chi connectivity index (χ3v) is 3.06. The Balaban J connectivity index is 2.28. The number of aryl methyl sites for hydroxylation is 1. The van der Waals surface area contributed by atoms with Crippen LogP contribution in [0, 0.1) is 12.7 Å². The minimum atomic E-state index is -0.274. The molecule has 0 aliphatic heterocycles. The predicted molar refractivity (Wildman–Crippen MR) is 73.0 cm³/mol. The van der Waals surface area contributed by atoms with Crippen LogP contribution in [0.3, 0.4) is 0 Å². The van der Waals surface area contributed by atoms with Crippen molar-refractivity contribution in [2.24, 2.45) is 0 Å². The molecule has 2 aromatic rings. The molecule has 0 saturated carbocycles. The molecule has 0 saturated heterocycles. The van der Waals surface area contributed by atoms with Crippen LogP contribution in [-0.2, 0) is 0 Å². The van der Waals surface area contributed by atoms with Crippen LogP contribution in [0.25, 0.3) is 0 Å². The number of nitrogen functional groups attached to an aromatic ring is 1. The third-order valence-electron chi connectivity index (χ3n) is 2.45. The first kappa shape index (κ1) is 11.9. The molecule has 17 heavy (non-hydrogen) atoms. The van der Waals surface area contributed by atoms with E-state index in [1.54, 1.807) is 12.1 Å². The number of nitrogens with one attached hydrogen (secondary N) is 1. The molecule has 0 aliphatic carbocycles. The maximum atomic E-state index is 13.1. The van der Waals surface area contributed by atoms with Crippen molar-refractivity contribution >= 4 is 33.0 Å². The summed E-state index contributed by atoms with van der Waals surface area (Å²) in [4.78, 5) is 0. The van der Waals surface area contributed by atoms with Crippen LogP contribution >= 0.6 is 15.9 Å². The van der Waals surface area contributed by atoms with Crippen LogP contribution in [-0.4, -0.2) is 0 Å². The molecule has 0 atom stereocenters.